The molecular weight excluding hydrogens is 330 g/mol. The molecule has 1 unspecified atom stereocenters. The molecule has 0 radical (unpaired) electrons. The van der Waals surface area contributed by atoms with E-state index in [-0.39, 0.29) is 11.9 Å². The fourth-order valence-electron chi connectivity index (χ4n) is 3.76. The van der Waals surface area contributed by atoms with Gasteiger partial charge in [0.1, 0.15) is 6.04 Å². The van der Waals surface area contributed by atoms with Gasteiger partial charge in [-0.1, -0.05) is 30.3 Å². The maximum Gasteiger partial charge on any atom is 0.314 e. The number of rotatable bonds is 3. The van der Waals surface area contributed by atoms with Crippen molar-refractivity contribution in [1.82, 2.24) is 19.6 Å². The third-order valence-corrected chi connectivity index (χ3v) is 5.37. The molecule has 0 saturated carbocycles. The smallest absolute Gasteiger partial charge is 0.314 e. The third kappa shape index (κ3) is 4.34. The summed E-state index contributed by atoms with van der Waals surface area (Å²) in [6.07, 6.45) is 0.763. The highest BCUT2D eigenvalue weighted by molar-refractivity contribution is 5.83. The van der Waals surface area contributed by atoms with Gasteiger partial charge in [0, 0.05) is 52.4 Å². The van der Waals surface area contributed by atoms with Crippen LogP contribution in [0.25, 0.3) is 0 Å². The Kier molecular flexibility index (Phi) is 6.11. The molecule has 0 aromatic heterocycles. The van der Waals surface area contributed by atoms with Gasteiger partial charge in [0.25, 0.3) is 0 Å². The Bertz CT molecular complexity index is 616. The van der Waals surface area contributed by atoms with E-state index in [0.717, 1.165) is 38.2 Å². The standard InChI is InChI=1S/C19H29N5O2/c1-21-10-12-22(13-11-21)17(16-6-3-2-4-7-16)18(25)23-8-5-9-24(15-14-23)19(20)26/h2-4,6-7,17H,5,8-15H2,1H3,(H2,20,26). The number of likely N-dealkylation sites (N-methyl/N-ethyl adjacent to an activating group) is 1. The van der Waals surface area contributed by atoms with Crippen molar-refractivity contribution in [1.29, 1.82) is 0 Å². The van der Waals surface area contributed by atoms with Crippen molar-refractivity contribution in [3.63, 3.8) is 0 Å². The van der Waals surface area contributed by atoms with Gasteiger partial charge < -0.3 is 20.4 Å². The highest BCUT2D eigenvalue weighted by Crippen LogP contribution is 2.25. The summed E-state index contributed by atoms with van der Waals surface area (Å²) in [6, 6.07) is 9.36. The molecule has 0 bridgehead atoms. The Morgan fingerprint density at radius 3 is 2.15 bits per heavy atom. The van der Waals surface area contributed by atoms with Gasteiger partial charge in [0.15, 0.2) is 0 Å². The van der Waals surface area contributed by atoms with Crippen LogP contribution in [0.1, 0.15) is 18.0 Å². The van der Waals surface area contributed by atoms with Crippen molar-refractivity contribution in [3.05, 3.63) is 35.9 Å². The first-order valence-corrected chi connectivity index (χ1v) is 9.37. The van der Waals surface area contributed by atoms with Crippen molar-refractivity contribution >= 4 is 11.9 Å². The van der Waals surface area contributed by atoms with Gasteiger partial charge in [-0.2, -0.15) is 0 Å². The summed E-state index contributed by atoms with van der Waals surface area (Å²) in [4.78, 5) is 33.0. The molecule has 3 rings (SSSR count). The SMILES string of the molecule is CN1CCN(C(C(=O)N2CCCN(C(N)=O)CC2)c2ccccc2)CC1. The molecule has 0 aliphatic carbocycles. The average Bonchev–Trinajstić information content (AvgIpc) is 2.91. The molecule has 2 N–H and O–H groups in total. The number of urea groups is 1. The van der Waals surface area contributed by atoms with Crippen molar-refractivity contribution in [2.45, 2.75) is 12.5 Å². The molecule has 1 aromatic carbocycles. The second-order valence-corrected chi connectivity index (χ2v) is 7.16. The molecule has 2 saturated heterocycles. The summed E-state index contributed by atoms with van der Waals surface area (Å²) >= 11 is 0. The number of primary amides is 1. The minimum atomic E-state index is -0.405. The lowest BCUT2D eigenvalue weighted by molar-refractivity contribution is -0.138. The van der Waals surface area contributed by atoms with Crippen LogP contribution in [0.5, 0.6) is 0 Å². The fraction of sp³-hybridized carbons (Fsp3) is 0.579. The monoisotopic (exact) mass is 359 g/mol. The predicted molar refractivity (Wildman–Crippen MR) is 101 cm³/mol. The van der Waals surface area contributed by atoms with Gasteiger partial charge in [-0.3, -0.25) is 9.69 Å². The average molecular weight is 359 g/mol. The Morgan fingerprint density at radius 2 is 1.50 bits per heavy atom. The first-order chi connectivity index (χ1) is 12.6. The van der Waals surface area contributed by atoms with Crippen LogP contribution in [0.15, 0.2) is 30.3 Å². The lowest BCUT2D eigenvalue weighted by atomic mass is 10.0. The summed E-state index contributed by atoms with van der Waals surface area (Å²) in [5.74, 6) is 0.132. The number of piperazine rings is 1. The Labute approximate surface area is 155 Å². The summed E-state index contributed by atoms with van der Waals surface area (Å²) in [6.45, 7) is 6.01. The number of carbonyl (C=O) groups excluding carboxylic acids is 2. The Morgan fingerprint density at radius 1 is 0.885 bits per heavy atom. The largest absolute Gasteiger partial charge is 0.351 e. The number of benzene rings is 1. The molecule has 2 aliphatic heterocycles. The molecule has 7 heteroatoms. The molecule has 1 aromatic rings. The third-order valence-electron chi connectivity index (χ3n) is 5.37. The van der Waals surface area contributed by atoms with Crippen LogP contribution in [-0.4, -0.2) is 90.9 Å². The summed E-state index contributed by atoms with van der Waals surface area (Å²) in [7, 11) is 2.11. The van der Waals surface area contributed by atoms with Crippen LogP contribution in [0.3, 0.4) is 0 Å². The lowest BCUT2D eigenvalue weighted by Gasteiger charge is -2.39. The first-order valence-electron chi connectivity index (χ1n) is 9.37. The van der Waals surface area contributed by atoms with E-state index in [1.54, 1.807) is 4.90 Å². The molecule has 7 nitrogen and oxygen atoms in total. The molecule has 1 atom stereocenters. The topological polar surface area (TPSA) is 73.1 Å². The zero-order valence-electron chi connectivity index (χ0n) is 15.5. The highest BCUT2D eigenvalue weighted by atomic mass is 16.2. The van der Waals surface area contributed by atoms with E-state index < -0.39 is 6.03 Å². The quantitative estimate of drug-likeness (QED) is 0.857. The molecule has 2 heterocycles. The van der Waals surface area contributed by atoms with E-state index >= 15 is 0 Å². The fourth-order valence-corrected chi connectivity index (χ4v) is 3.76. The zero-order chi connectivity index (χ0) is 18.5. The molecule has 3 amide bonds. The van der Waals surface area contributed by atoms with E-state index in [4.69, 9.17) is 5.73 Å². The van der Waals surface area contributed by atoms with Crippen LogP contribution in [0, 0.1) is 0 Å². The van der Waals surface area contributed by atoms with Gasteiger partial charge in [0.05, 0.1) is 0 Å². The van der Waals surface area contributed by atoms with E-state index in [2.05, 4.69) is 16.8 Å². The molecule has 142 valence electrons. The van der Waals surface area contributed by atoms with Gasteiger partial charge in [-0.25, -0.2) is 4.79 Å². The van der Waals surface area contributed by atoms with Crippen LogP contribution in [0.2, 0.25) is 0 Å². The maximum absolute atomic E-state index is 13.4. The molecule has 26 heavy (non-hydrogen) atoms. The second-order valence-electron chi connectivity index (χ2n) is 7.16. The highest BCUT2D eigenvalue weighted by Gasteiger charge is 2.33. The van der Waals surface area contributed by atoms with Crippen molar-refractivity contribution in [2.24, 2.45) is 5.73 Å². The van der Waals surface area contributed by atoms with E-state index in [1.165, 1.54) is 0 Å². The lowest BCUT2D eigenvalue weighted by Crippen LogP contribution is -2.51. The number of carbonyl (C=O) groups is 2. The van der Waals surface area contributed by atoms with Gasteiger partial charge in [-0.05, 0) is 19.0 Å². The minimum absolute atomic E-state index is 0.132. The number of hydrogen-bond donors (Lipinski definition) is 1. The van der Waals surface area contributed by atoms with Crippen molar-refractivity contribution < 1.29 is 9.59 Å². The van der Waals surface area contributed by atoms with Crippen LogP contribution < -0.4 is 5.73 Å². The number of nitrogens with zero attached hydrogens (tertiary/aromatic N) is 4. The maximum atomic E-state index is 13.4. The number of hydrogen-bond acceptors (Lipinski definition) is 4. The molecule has 2 aliphatic rings. The first kappa shape index (κ1) is 18.7. The van der Waals surface area contributed by atoms with Crippen LogP contribution in [-0.2, 0) is 4.79 Å². The van der Waals surface area contributed by atoms with Gasteiger partial charge in [-0.15, -0.1) is 0 Å². The summed E-state index contributed by atoms with van der Waals surface area (Å²) in [5, 5.41) is 0. The van der Waals surface area contributed by atoms with Crippen molar-refractivity contribution in [3.8, 4) is 0 Å². The molecular formula is C19H29N5O2. The Balaban J connectivity index is 1.77. The normalized spacial score (nSPS) is 21.3. The zero-order valence-corrected chi connectivity index (χ0v) is 15.5. The second kappa shape index (κ2) is 8.51. The molecule has 0 spiro atoms. The van der Waals surface area contributed by atoms with E-state index in [1.807, 2.05) is 35.2 Å². The van der Waals surface area contributed by atoms with Gasteiger partial charge in [0.2, 0.25) is 5.91 Å². The van der Waals surface area contributed by atoms with E-state index in [0.29, 0.717) is 26.2 Å². The van der Waals surface area contributed by atoms with E-state index in [9.17, 15) is 9.59 Å². The summed E-state index contributed by atoms with van der Waals surface area (Å²) < 4.78 is 0. The molecule has 2 fully saturated rings. The predicted octanol–water partition coefficient (Wildman–Crippen LogP) is 0.588. The number of amides is 3. The van der Waals surface area contributed by atoms with Crippen LogP contribution >= 0.6 is 0 Å². The minimum Gasteiger partial charge on any atom is -0.351 e. The Hall–Kier alpha value is -2.12. The van der Waals surface area contributed by atoms with Crippen molar-refractivity contribution in [2.75, 3.05) is 59.4 Å². The number of nitrogens with two attached hydrogens (primary N) is 1. The van der Waals surface area contributed by atoms with Gasteiger partial charge >= 0.3 is 6.03 Å². The van der Waals surface area contributed by atoms with Crippen LogP contribution in [0.4, 0.5) is 4.79 Å². The summed E-state index contributed by atoms with van der Waals surface area (Å²) in [5.41, 5.74) is 6.45.